The van der Waals surface area contributed by atoms with Gasteiger partial charge in [0.25, 0.3) is 0 Å². The molecule has 3 fully saturated rings. The Kier molecular flexibility index (Phi) is 9.82. The molecule has 0 unspecified atom stereocenters. The van der Waals surface area contributed by atoms with Crippen molar-refractivity contribution in [3.05, 3.63) is 47.0 Å². The number of aromatic nitrogens is 4. The van der Waals surface area contributed by atoms with Gasteiger partial charge in [0.15, 0.2) is 0 Å². The second-order valence-corrected chi connectivity index (χ2v) is 27.4. The fourth-order valence-corrected chi connectivity index (χ4v) is 25.2. The zero-order valence-electron chi connectivity index (χ0n) is 28.9. The van der Waals surface area contributed by atoms with E-state index in [0.29, 0.717) is 5.65 Å². The molecule has 6 rings (SSSR count). The van der Waals surface area contributed by atoms with Crippen LogP contribution in [0.3, 0.4) is 0 Å². The molecule has 10 nitrogen and oxygen atoms in total. The molecule has 14 heteroatoms. The molecule has 256 valence electrons. The van der Waals surface area contributed by atoms with Crippen LogP contribution < -0.4 is 15.3 Å². The van der Waals surface area contributed by atoms with Crippen LogP contribution in [0.4, 0.5) is 5.95 Å². The van der Waals surface area contributed by atoms with Gasteiger partial charge in [-0.2, -0.15) is 0 Å². The number of nitrogens with one attached hydrogen (secondary N) is 2. The number of H-pyrrole nitrogens is 1. The van der Waals surface area contributed by atoms with E-state index >= 15 is 0 Å². The fraction of sp³-hybridized carbons (Fsp3) is 0.636. The van der Waals surface area contributed by atoms with Gasteiger partial charge in [-0.3, -0.25) is 0 Å². The van der Waals surface area contributed by atoms with Gasteiger partial charge in [0.05, 0.1) is 0 Å². The predicted octanol–water partition coefficient (Wildman–Crippen LogP) is 6.39. The third kappa shape index (κ3) is 5.94. The number of benzene rings is 1. The number of thioether (sulfide) groups is 1. The van der Waals surface area contributed by atoms with Crippen LogP contribution in [-0.2, 0) is 17.8 Å². The summed E-state index contributed by atoms with van der Waals surface area (Å²) in [5.41, 5.74) is 1.30. The molecular weight excluding hydrogens is 714 g/mol. The first-order valence-electron chi connectivity index (χ1n) is 16.9. The summed E-state index contributed by atoms with van der Waals surface area (Å²) < 4.78 is 26.3. The van der Waals surface area contributed by atoms with E-state index in [1.807, 2.05) is 11.8 Å². The summed E-state index contributed by atoms with van der Waals surface area (Å²) in [7, 11) is -5.68. The van der Waals surface area contributed by atoms with Crippen molar-refractivity contribution in [2.75, 3.05) is 5.32 Å². The van der Waals surface area contributed by atoms with Crippen LogP contribution in [0.2, 0.25) is 27.0 Å². The molecule has 3 aromatic rings. The number of carbonyl (C=O) groups is 1. The summed E-state index contributed by atoms with van der Waals surface area (Å²) in [5.74, 6) is -0.182. The van der Waals surface area contributed by atoms with Gasteiger partial charge in [-0.05, 0) is 0 Å². The zero-order chi connectivity index (χ0) is 33.9. The van der Waals surface area contributed by atoms with Gasteiger partial charge in [0, 0.05) is 0 Å². The maximum atomic E-state index is 13.2. The number of hydrogen-bond donors (Lipinski definition) is 2. The van der Waals surface area contributed by atoms with E-state index in [4.69, 9.17) is 18.0 Å². The second-order valence-electron chi connectivity index (χ2n) is 14.5. The van der Waals surface area contributed by atoms with Gasteiger partial charge < -0.3 is 0 Å². The number of imidazole rings is 1. The molecular formula is C33H49N5O5SSeSi2. The fourth-order valence-electron chi connectivity index (χ4n) is 7.94. The van der Waals surface area contributed by atoms with Crippen molar-refractivity contribution in [2.24, 2.45) is 0 Å². The molecule has 1 saturated carbocycles. The van der Waals surface area contributed by atoms with Crippen molar-refractivity contribution in [2.45, 2.75) is 131 Å². The molecule has 2 aromatic heterocycles. The van der Waals surface area contributed by atoms with Crippen LogP contribution in [0.15, 0.2) is 41.5 Å². The van der Waals surface area contributed by atoms with Gasteiger partial charge in [-0.15, -0.1) is 0 Å². The Morgan fingerprint density at radius 3 is 2.30 bits per heavy atom. The number of fused-ring (bicyclic) bond motifs is 1. The standard InChI is InChI=1S/C33H49N5O5SSeSi2/c1-19(2)46(20(3)4)41-25-16-13-17-33(25)28(42-47(43-46,21(5)6)22(7)8)27(45-24-14-11-10-12-15-24)31(44-33)38-18-34-26-29(38)36-32(35-23(9)39)37-30(26)40/h10-12,14-15,18-22,25,27-28,31H,13,16-17H2,1-9H3,(H2,35,36,37,39,40)/t25-,27-,28+,31-,33+/m1/s1. The van der Waals surface area contributed by atoms with Gasteiger partial charge in [-0.25, -0.2) is 0 Å². The van der Waals surface area contributed by atoms with E-state index in [2.05, 4.69) is 106 Å². The van der Waals surface area contributed by atoms with Crippen molar-refractivity contribution < 1.29 is 17.8 Å². The molecule has 0 bridgehead atoms. The summed E-state index contributed by atoms with van der Waals surface area (Å²) >= 11 is 1.94. The summed E-state index contributed by atoms with van der Waals surface area (Å²) in [6.45, 7) is 19.7. The molecule has 47 heavy (non-hydrogen) atoms. The SMILES string of the molecule is CC(=O)Nc1nc2c(ncn2[C@@H]2S[C@@]34CCC[C@H]3O[Si](C(C)C)(C(C)C)O[Si](C(C)C)(C(C)C)O[C@H]4[C@H]2[Se]c2ccccc2)c(=O)[nH]1. The number of nitrogens with zero attached hydrogens (tertiary/aromatic N) is 3. The Morgan fingerprint density at radius 1 is 1.04 bits per heavy atom. The van der Waals surface area contributed by atoms with E-state index in [1.54, 1.807) is 6.33 Å². The van der Waals surface area contributed by atoms with Gasteiger partial charge in [0.1, 0.15) is 0 Å². The Bertz CT molecular complexity index is 1650. The second kappa shape index (κ2) is 13.2. The predicted molar refractivity (Wildman–Crippen MR) is 194 cm³/mol. The molecule has 1 amide bonds. The third-order valence-electron chi connectivity index (χ3n) is 10.2. The minimum atomic E-state index is -2.90. The number of hydrogen-bond acceptors (Lipinski definition) is 8. The first-order valence-corrected chi connectivity index (χ1v) is 23.6. The molecule has 2 aliphatic heterocycles. The van der Waals surface area contributed by atoms with Crippen LogP contribution in [0.5, 0.6) is 0 Å². The Balaban J connectivity index is 1.58. The molecule has 1 aromatic carbocycles. The van der Waals surface area contributed by atoms with E-state index in [1.165, 1.54) is 11.4 Å². The minimum absolute atomic E-state index is 0.00357. The molecule has 4 heterocycles. The monoisotopic (exact) mass is 763 g/mol. The van der Waals surface area contributed by atoms with Crippen LogP contribution in [0, 0.1) is 0 Å². The Labute approximate surface area is 290 Å². The molecule has 1 aliphatic carbocycles. The number of amides is 1. The average Bonchev–Trinajstić information content (AvgIpc) is 3.67. The van der Waals surface area contributed by atoms with Gasteiger partial charge in [-0.1, -0.05) is 0 Å². The molecule has 0 radical (unpaired) electrons. The van der Waals surface area contributed by atoms with Crippen molar-refractivity contribution in [3.63, 3.8) is 0 Å². The third-order valence-corrected chi connectivity index (χ3v) is 25.5. The van der Waals surface area contributed by atoms with Crippen LogP contribution in [0.1, 0.15) is 86.9 Å². The van der Waals surface area contributed by atoms with Crippen LogP contribution >= 0.6 is 11.8 Å². The summed E-state index contributed by atoms with van der Waals surface area (Å²) in [6, 6.07) is 10.7. The summed E-state index contributed by atoms with van der Waals surface area (Å²) in [5, 5.41) is 2.55. The normalized spacial score (nSPS) is 28.5. The topological polar surface area (TPSA) is 120 Å². The quantitative estimate of drug-likeness (QED) is 0.254. The van der Waals surface area contributed by atoms with E-state index in [-0.39, 0.29) is 87.2 Å². The van der Waals surface area contributed by atoms with Crippen molar-refractivity contribution in [1.82, 2.24) is 19.5 Å². The van der Waals surface area contributed by atoms with Crippen LogP contribution in [-0.4, -0.2) is 74.5 Å². The van der Waals surface area contributed by atoms with E-state index in [0.717, 1.165) is 19.3 Å². The number of aromatic amines is 1. The maximum absolute atomic E-state index is 13.2. The van der Waals surface area contributed by atoms with E-state index in [9.17, 15) is 9.59 Å². The first kappa shape index (κ1) is 35.1. The van der Waals surface area contributed by atoms with Gasteiger partial charge >= 0.3 is 292 Å². The number of rotatable bonds is 8. The Morgan fingerprint density at radius 2 is 1.68 bits per heavy atom. The number of carbonyl (C=O) groups excluding carboxylic acids is 1. The summed E-state index contributed by atoms with van der Waals surface area (Å²) in [4.78, 5) is 37.2. The van der Waals surface area contributed by atoms with Crippen LogP contribution in [0.25, 0.3) is 11.2 Å². The molecule has 3 aliphatic rings. The van der Waals surface area contributed by atoms with Crippen molar-refractivity contribution in [1.29, 1.82) is 0 Å². The average molecular weight is 763 g/mol. The van der Waals surface area contributed by atoms with Crippen molar-refractivity contribution in [3.8, 4) is 0 Å². The van der Waals surface area contributed by atoms with E-state index < -0.39 is 17.1 Å². The van der Waals surface area contributed by atoms with Crippen molar-refractivity contribution >= 4 is 71.3 Å². The van der Waals surface area contributed by atoms with Gasteiger partial charge in [0.2, 0.25) is 0 Å². The molecule has 2 saturated heterocycles. The Hall–Kier alpha value is -1.78. The molecule has 5 atom stereocenters. The number of anilines is 1. The summed E-state index contributed by atoms with van der Waals surface area (Å²) in [6.07, 6.45) is 4.63. The molecule has 2 N–H and O–H groups in total. The first-order chi connectivity index (χ1) is 22.2. The molecule has 1 spiro atoms. The zero-order valence-corrected chi connectivity index (χ0v) is 33.4.